The number of hydrogen-bond donors (Lipinski definition) is 4. The summed E-state index contributed by atoms with van der Waals surface area (Å²) in [6.45, 7) is 1.45. The van der Waals surface area contributed by atoms with E-state index in [-0.39, 0.29) is 44.2 Å². The highest BCUT2D eigenvalue weighted by atomic mass is 35.5. The van der Waals surface area contributed by atoms with Crippen LogP contribution in [0.25, 0.3) is 0 Å². The number of aliphatic hydroxyl groups is 3. The first kappa shape index (κ1) is 29.2. The van der Waals surface area contributed by atoms with Crippen molar-refractivity contribution in [2.45, 2.75) is 57.1 Å². The molecular formula is C28H32Cl2N2O7. The average molecular weight is 579 g/mol. The van der Waals surface area contributed by atoms with Gasteiger partial charge in [-0.2, -0.15) is 0 Å². The minimum atomic E-state index is -1.22. The Morgan fingerprint density at radius 1 is 1.18 bits per heavy atom. The highest BCUT2D eigenvalue weighted by Crippen LogP contribution is 2.51. The number of nitrogens with zero attached hydrogens (tertiary/aromatic N) is 1. The lowest BCUT2D eigenvalue weighted by molar-refractivity contribution is -0.138. The van der Waals surface area contributed by atoms with Gasteiger partial charge in [0, 0.05) is 40.7 Å². The second-order valence-corrected chi connectivity index (χ2v) is 10.4. The molecule has 0 bridgehead atoms. The molecule has 1 heterocycles. The Morgan fingerprint density at radius 3 is 2.59 bits per heavy atom. The third-order valence-corrected chi connectivity index (χ3v) is 7.58. The van der Waals surface area contributed by atoms with Crippen LogP contribution in [0.15, 0.2) is 42.0 Å². The number of fused-ring (bicyclic) bond motifs is 3. The average Bonchev–Trinajstić information content (AvgIpc) is 3.31. The van der Waals surface area contributed by atoms with E-state index in [9.17, 15) is 24.9 Å². The number of carbonyl (C=O) groups is 2. The summed E-state index contributed by atoms with van der Waals surface area (Å²) >= 11 is 12.5. The molecule has 9 nitrogen and oxygen atoms in total. The van der Waals surface area contributed by atoms with Gasteiger partial charge in [-0.25, -0.2) is 0 Å². The first-order chi connectivity index (χ1) is 18.7. The lowest BCUT2D eigenvalue weighted by atomic mass is 9.77. The van der Waals surface area contributed by atoms with Crippen molar-refractivity contribution in [3.8, 4) is 11.5 Å². The van der Waals surface area contributed by atoms with Crippen molar-refractivity contribution in [2.75, 3.05) is 20.3 Å². The zero-order valence-electron chi connectivity index (χ0n) is 21.7. The van der Waals surface area contributed by atoms with Crippen molar-refractivity contribution in [1.82, 2.24) is 10.2 Å². The second-order valence-electron chi connectivity index (χ2n) is 9.52. The van der Waals surface area contributed by atoms with Gasteiger partial charge in [-0.3, -0.25) is 9.59 Å². The highest BCUT2D eigenvalue weighted by Gasteiger charge is 2.51. The molecule has 0 spiro atoms. The summed E-state index contributed by atoms with van der Waals surface area (Å²) in [6, 6.07) is 7.40. The third kappa shape index (κ3) is 5.88. The minimum Gasteiger partial charge on any atom is -0.493 e. The van der Waals surface area contributed by atoms with Crippen LogP contribution in [-0.4, -0.2) is 70.5 Å². The zero-order valence-corrected chi connectivity index (χ0v) is 23.2. The quantitative estimate of drug-likeness (QED) is 0.341. The van der Waals surface area contributed by atoms with E-state index in [1.807, 2.05) is 6.92 Å². The number of halogens is 2. The maximum absolute atomic E-state index is 13.4. The van der Waals surface area contributed by atoms with E-state index in [4.69, 9.17) is 32.7 Å². The van der Waals surface area contributed by atoms with Gasteiger partial charge in [0.15, 0.2) is 11.5 Å². The fourth-order valence-corrected chi connectivity index (χ4v) is 5.64. The van der Waals surface area contributed by atoms with Gasteiger partial charge in [0.25, 0.3) is 0 Å². The minimum absolute atomic E-state index is 0.0212. The Hall–Kier alpha value is -2.82. The summed E-state index contributed by atoms with van der Waals surface area (Å²) in [7, 11) is 1.47. The number of ether oxygens (including phenoxy) is 2. The Morgan fingerprint density at radius 2 is 1.95 bits per heavy atom. The Kier molecular flexibility index (Phi) is 9.40. The van der Waals surface area contributed by atoms with Crippen LogP contribution in [0.5, 0.6) is 11.5 Å². The van der Waals surface area contributed by atoms with Gasteiger partial charge >= 0.3 is 0 Å². The normalized spacial score (nSPS) is 21.4. The van der Waals surface area contributed by atoms with Gasteiger partial charge in [0.1, 0.15) is 12.2 Å². The number of nitrogens with one attached hydrogen (secondary N) is 1. The van der Waals surface area contributed by atoms with Crippen molar-refractivity contribution in [1.29, 1.82) is 0 Å². The second kappa shape index (κ2) is 12.6. The molecule has 39 heavy (non-hydrogen) atoms. The molecule has 0 saturated carbocycles. The van der Waals surface area contributed by atoms with Crippen LogP contribution >= 0.6 is 23.2 Å². The summed E-state index contributed by atoms with van der Waals surface area (Å²) in [4.78, 5) is 28.3. The molecule has 11 heteroatoms. The van der Waals surface area contributed by atoms with E-state index in [0.717, 1.165) is 0 Å². The zero-order chi connectivity index (χ0) is 28.3. The summed E-state index contributed by atoms with van der Waals surface area (Å²) in [5.74, 6) is -0.678. The van der Waals surface area contributed by atoms with E-state index < -0.39 is 30.1 Å². The molecule has 2 amide bonds. The number of aliphatic hydroxyl groups excluding tert-OH is 3. The summed E-state index contributed by atoms with van der Waals surface area (Å²) in [6.07, 6.45) is 0.245. The van der Waals surface area contributed by atoms with Crippen molar-refractivity contribution in [2.24, 2.45) is 0 Å². The molecule has 2 aromatic rings. The van der Waals surface area contributed by atoms with Gasteiger partial charge in [0.2, 0.25) is 11.8 Å². The maximum atomic E-state index is 13.4. The van der Waals surface area contributed by atoms with Crippen molar-refractivity contribution < 1.29 is 34.4 Å². The molecule has 4 rings (SSSR count). The molecule has 0 aromatic heterocycles. The summed E-state index contributed by atoms with van der Waals surface area (Å²) < 4.78 is 11.7. The predicted octanol–water partition coefficient (Wildman–Crippen LogP) is 2.95. The van der Waals surface area contributed by atoms with Crippen LogP contribution < -0.4 is 14.8 Å². The molecule has 0 radical (unpaired) electrons. The molecule has 0 fully saturated rings. The van der Waals surface area contributed by atoms with Crippen molar-refractivity contribution in [3.63, 3.8) is 0 Å². The first-order valence-electron chi connectivity index (χ1n) is 12.7. The number of benzene rings is 2. The van der Waals surface area contributed by atoms with Gasteiger partial charge in [-0.05, 0) is 47.9 Å². The molecule has 4 N–H and O–H groups in total. The Balaban J connectivity index is 1.82. The lowest BCUT2D eigenvalue weighted by Crippen LogP contribution is -2.55. The number of hydrogen-bond acceptors (Lipinski definition) is 7. The van der Waals surface area contributed by atoms with E-state index in [1.54, 1.807) is 36.4 Å². The van der Waals surface area contributed by atoms with Crippen LogP contribution in [0.4, 0.5) is 0 Å². The third-order valence-electron chi connectivity index (χ3n) is 6.99. The number of carbonyl (C=O) groups excluding carboxylic acids is 2. The van der Waals surface area contributed by atoms with Crippen LogP contribution in [0.3, 0.4) is 0 Å². The largest absolute Gasteiger partial charge is 0.493 e. The van der Waals surface area contributed by atoms with Gasteiger partial charge in [0.05, 0.1) is 32.3 Å². The van der Waals surface area contributed by atoms with E-state index >= 15 is 0 Å². The Bertz CT molecular complexity index is 1270. The fourth-order valence-electron chi connectivity index (χ4n) is 5.17. The van der Waals surface area contributed by atoms with Crippen molar-refractivity contribution >= 4 is 35.0 Å². The van der Waals surface area contributed by atoms with Crippen molar-refractivity contribution in [3.05, 3.63) is 68.7 Å². The van der Waals surface area contributed by atoms with Crippen LogP contribution in [-0.2, 0) is 22.7 Å². The van der Waals surface area contributed by atoms with E-state index in [2.05, 4.69) is 5.32 Å². The van der Waals surface area contributed by atoms with E-state index in [1.165, 1.54) is 12.0 Å². The van der Waals surface area contributed by atoms with Crippen LogP contribution in [0, 0.1) is 0 Å². The van der Waals surface area contributed by atoms with Gasteiger partial charge in [-0.15, -0.1) is 0 Å². The summed E-state index contributed by atoms with van der Waals surface area (Å²) in [5.41, 5.74) is 2.04. The molecule has 2 aliphatic rings. The smallest absolute Gasteiger partial charge is 0.247 e. The molecule has 210 valence electrons. The molecule has 2 aromatic carbocycles. The monoisotopic (exact) mass is 578 g/mol. The predicted molar refractivity (Wildman–Crippen MR) is 146 cm³/mol. The molecule has 0 saturated heterocycles. The molecule has 4 atom stereocenters. The van der Waals surface area contributed by atoms with Crippen LogP contribution in [0.1, 0.15) is 42.4 Å². The summed E-state index contributed by atoms with van der Waals surface area (Å²) in [5, 5.41) is 34.3. The van der Waals surface area contributed by atoms with Crippen LogP contribution in [0.2, 0.25) is 10.0 Å². The number of amides is 2. The topological polar surface area (TPSA) is 129 Å². The van der Waals surface area contributed by atoms with Gasteiger partial charge in [-0.1, -0.05) is 36.2 Å². The SMILES string of the molecule is CCCC(=O)N(Cc1ccc(Cl)cc1Cl)C1C=C(C(=O)NCCO)C2c3cc(CO)cc(OC)c3OC2C1O. The highest BCUT2D eigenvalue weighted by molar-refractivity contribution is 6.35. The Labute approximate surface area is 236 Å². The first-order valence-corrected chi connectivity index (χ1v) is 13.5. The lowest BCUT2D eigenvalue weighted by Gasteiger charge is -2.41. The number of rotatable bonds is 10. The fraction of sp³-hybridized carbons (Fsp3) is 0.429. The maximum Gasteiger partial charge on any atom is 0.247 e. The molecule has 1 aliphatic carbocycles. The van der Waals surface area contributed by atoms with Gasteiger partial charge < -0.3 is 35.0 Å². The molecular weight excluding hydrogens is 547 g/mol. The van der Waals surface area contributed by atoms with E-state index in [0.29, 0.717) is 44.7 Å². The molecule has 4 unspecified atom stereocenters. The standard InChI is InChI=1S/C28H32Cl2N2O7/c1-3-4-23(35)32(13-16-5-6-17(29)11-20(16)30)21-12-19(28(37)31-7-8-33)24-18-9-15(14-34)10-22(38-2)26(18)39-27(24)25(21)36/h5-6,9-12,21,24-25,27,33-34,36H,3-4,7-8,13-14H2,1-2H3,(H,31,37). The molecule has 1 aliphatic heterocycles. The number of methoxy groups -OCH3 is 1.